The Morgan fingerprint density at radius 3 is 2.00 bits per heavy atom. The molecule has 0 heterocycles. The van der Waals surface area contributed by atoms with E-state index in [1.807, 2.05) is 0 Å². The smallest absolute Gasteiger partial charge is 0.310 e. The van der Waals surface area contributed by atoms with Gasteiger partial charge in [0, 0.05) is 0 Å². The lowest BCUT2D eigenvalue weighted by Gasteiger charge is -2.14. The topological polar surface area (TPSA) is 74.6 Å². The maximum atomic E-state index is 10.8. The monoisotopic (exact) mass is 172 g/mol. The lowest BCUT2D eigenvalue weighted by Crippen LogP contribution is -2.26. The summed E-state index contributed by atoms with van der Waals surface area (Å²) in [6, 6.07) is 0. The normalized spacial score (nSPS) is 33.4. The van der Waals surface area contributed by atoms with Gasteiger partial charge >= 0.3 is 11.9 Å². The zero-order valence-electron chi connectivity index (χ0n) is 7.07. The Kier molecular flexibility index (Phi) is 1.86. The molecule has 4 nitrogen and oxygen atoms in total. The molecule has 0 spiro atoms. The van der Waals surface area contributed by atoms with E-state index >= 15 is 0 Å². The molecule has 0 radical (unpaired) electrons. The maximum absolute atomic E-state index is 10.8. The average Bonchev–Trinajstić information content (AvgIpc) is 2.60. The summed E-state index contributed by atoms with van der Waals surface area (Å²) in [7, 11) is 0. The number of hydrogen-bond acceptors (Lipinski definition) is 2. The van der Waals surface area contributed by atoms with E-state index in [0.717, 1.165) is 0 Å². The lowest BCUT2D eigenvalue weighted by atomic mass is 9.90. The highest BCUT2D eigenvalue weighted by Crippen LogP contribution is 2.58. The van der Waals surface area contributed by atoms with Gasteiger partial charge in [0.1, 0.15) is 0 Å². The van der Waals surface area contributed by atoms with Crippen LogP contribution in [0.3, 0.4) is 0 Å². The average molecular weight is 172 g/mol. The van der Waals surface area contributed by atoms with Crippen LogP contribution in [0.5, 0.6) is 0 Å². The van der Waals surface area contributed by atoms with Crippen LogP contribution in [0.2, 0.25) is 0 Å². The summed E-state index contributed by atoms with van der Waals surface area (Å²) in [5.74, 6) is -2.78. The molecule has 1 rings (SSSR count). The SMILES string of the molecule is CC(C)[C@]1(C(=O)O)C[C@@H]1C(=O)O. The van der Waals surface area contributed by atoms with E-state index in [9.17, 15) is 9.59 Å². The fourth-order valence-electron chi connectivity index (χ4n) is 1.71. The van der Waals surface area contributed by atoms with Crippen LogP contribution in [0.1, 0.15) is 20.3 Å². The number of rotatable bonds is 3. The van der Waals surface area contributed by atoms with E-state index in [1.165, 1.54) is 0 Å². The van der Waals surface area contributed by atoms with Crippen molar-refractivity contribution in [3.8, 4) is 0 Å². The molecule has 0 saturated heterocycles. The van der Waals surface area contributed by atoms with E-state index in [0.29, 0.717) is 0 Å². The Morgan fingerprint density at radius 1 is 1.42 bits per heavy atom. The Bertz CT molecular complexity index is 233. The predicted octanol–water partition coefficient (Wildman–Crippen LogP) is 0.818. The molecule has 0 aromatic rings. The second kappa shape index (κ2) is 2.47. The summed E-state index contributed by atoms with van der Waals surface area (Å²) in [6.45, 7) is 3.49. The van der Waals surface area contributed by atoms with Crippen LogP contribution >= 0.6 is 0 Å². The summed E-state index contributed by atoms with van der Waals surface area (Å²) >= 11 is 0. The van der Waals surface area contributed by atoms with Crippen molar-refractivity contribution in [2.24, 2.45) is 17.3 Å². The molecule has 0 aromatic carbocycles. The van der Waals surface area contributed by atoms with Crippen LogP contribution in [0.25, 0.3) is 0 Å². The Balaban J connectivity index is 2.83. The third-order valence-corrected chi connectivity index (χ3v) is 2.73. The number of carboxylic acid groups (broad SMARTS) is 2. The van der Waals surface area contributed by atoms with Crippen molar-refractivity contribution in [2.45, 2.75) is 20.3 Å². The van der Waals surface area contributed by atoms with Crippen molar-refractivity contribution in [2.75, 3.05) is 0 Å². The molecule has 4 heteroatoms. The molecule has 2 atom stereocenters. The van der Waals surface area contributed by atoms with Crippen molar-refractivity contribution in [3.63, 3.8) is 0 Å². The molecule has 1 fully saturated rings. The highest BCUT2D eigenvalue weighted by Gasteiger charge is 2.65. The largest absolute Gasteiger partial charge is 0.481 e. The first kappa shape index (κ1) is 9.03. The third kappa shape index (κ3) is 0.983. The van der Waals surface area contributed by atoms with E-state index in [-0.39, 0.29) is 12.3 Å². The van der Waals surface area contributed by atoms with Crippen molar-refractivity contribution in [3.05, 3.63) is 0 Å². The fourth-order valence-corrected chi connectivity index (χ4v) is 1.71. The van der Waals surface area contributed by atoms with Crippen LogP contribution in [0.4, 0.5) is 0 Å². The van der Waals surface area contributed by atoms with Gasteiger partial charge in [-0.25, -0.2) is 0 Å². The summed E-state index contributed by atoms with van der Waals surface area (Å²) in [5.41, 5.74) is -0.994. The minimum absolute atomic E-state index is 0.115. The van der Waals surface area contributed by atoms with Gasteiger partial charge in [0.05, 0.1) is 11.3 Å². The van der Waals surface area contributed by atoms with E-state index in [1.54, 1.807) is 13.8 Å². The standard InChI is InChI=1S/C8H12O4/c1-4(2)8(7(11)12)3-5(8)6(9)10/h4-5H,3H2,1-2H3,(H,9,10)(H,11,12)/t5-,8-/m1/s1. The number of carbonyl (C=O) groups is 2. The summed E-state index contributed by atoms with van der Waals surface area (Å²) in [6.07, 6.45) is 0.273. The van der Waals surface area contributed by atoms with Gasteiger partial charge in [0.25, 0.3) is 0 Å². The third-order valence-electron chi connectivity index (χ3n) is 2.73. The molecule has 0 amide bonds. The highest BCUT2D eigenvalue weighted by molar-refractivity contribution is 5.89. The molecule has 0 aliphatic heterocycles. The van der Waals surface area contributed by atoms with Crippen molar-refractivity contribution >= 4 is 11.9 Å². The number of hydrogen-bond donors (Lipinski definition) is 2. The minimum Gasteiger partial charge on any atom is -0.481 e. The molecule has 0 bridgehead atoms. The first-order valence-electron chi connectivity index (χ1n) is 3.89. The Hall–Kier alpha value is -1.06. The predicted molar refractivity (Wildman–Crippen MR) is 40.6 cm³/mol. The molecule has 0 aromatic heterocycles. The fraction of sp³-hybridized carbons (Fsp3) is 0.750. The van der Waals surface area contributed by atoms with Crippen molar-refractivity contribution < 1.29 is 19.8 Å². The quantitative estimate of drug-likeness (QED) is 0.660. The summed E-state index contributed by atoms with van der Waals surface area (Å²) in [5, 5.41) is 17.5. The zero-order valence-corrected chi connectivity index (χ0v) is 7.07. The molecule has 1 aliphatic rings. The molecule has 12 heavy (non-hydrogen) atoms. The van der Waals surface area contributed by atoms with E-state index in [2.05, 4.69) is 0 Å². The van der Waals surface area contributed by atoms with Crippen LogP contribution in [-0.2, 0) is 9.59 Å². The van der Waals surface area contributed by atoms with Crippen molar-refractivity contribution in [1.82, 2.24) is 0 Å². The van der Waals surface area contributed by atoms with Gasteiger partial charge in [-0.2, -0.15) is 0 Å². The van der Waals surface area contributed by atoms with Gasteiger partial charge in [0.2, 0.25) is 0 Å². The Morgan fingerprint density at radius 2 is 1.92 bits per heavy atom. The molecular formula is C8H12O4. The summed E-state index contributed by atoms with van der Waals surface area (Å²) in [4.78, 5) is 21.3. The maximum Gasteiger partial charge on any atom is 0.310 e. The molecule has 0 unspecified atom stereocenters. The number of aliphatic carboxylic acids is 2. The molecular weight excluding hydrogens is 160 g/mol. The first-order chi connectivity index (χ1) is 5.43. The first-order valence-corrected chi connectivity index (χ1v) is 3.89. The van der Waals surface area contributed by atoms with Gasteiger partial charge < -0.3 is 10.2 Å². The number of carboxylic acids is 2. The molecule has 1 saturated carbocycles. The molecule has 1 aliphatic carbocycles. The van der Waals surface area contributed by atoms with Gasteiger partial charge in [-0.1, -0.05) is 13.8 Å². The van der Waals surface area contributed by atoms with Crippen LogP contribution < -0.4 is 0 Å². The second-order valence-electron chi connectivity index (χ2n) is 3.60. The van der Waals surface area contributed by atoms with Gasteiger partial charge in [-0.3, -0.25) is 9.59 Å². The van der Waals surface area contributed by atoms with Gasteiger partial charge in [-0.15, -0.1) is 0 Å². The van der Waals surface area contributed by atoms with Gasteiger partial charge in [-0.05, 0) is 12.3 Å². The zero-order chi connectivity index (χ0) is 9.52. The van der Waals surface area contributed by atoms with Crippen LogP contribution in [0.15, 0.2) is 0 Å². The van der Waals surface area contributed by atoms with Gasteiger partial charge in [0.15, 0.2) is 0 Å². The lowest BCUT2D eigenvalue weighted by molar-refractivity contribution is -0.150. The molecule has 68 valence electrons. The van der Waals surface area contributed by atoms with Crippen LogP contribution in [0, 0.1) is 17.3 Å². The summed E-state index contributed by atoms with van der Waals surface area (Å²) < 4.78 is 0. The van der Waals surface area contributed by atoms with E-state index in [4.69, 9.17) is 10.2 Å². The minimum atomic E-state index is -0.994. The van der Waals surface area contributed by atoms with Crippen molar-refractivity contribution in [1.29, 1.82) is 0 Å². The Labute approximate surface area is 70.2 Å². The van der Waals surface area contributed by atoms with Crippen LogP contribution in [-0.4, -0.2) is 22.2 Å². The second-order valence-corrected chi connectivity index (χ2v) is 3.60. The van der Waals surface area contributed by atoms with E-state index < -0.39 is 23.3 Å². The molecule has 2 N–H and O–H groups in total. The highest BCUT2D eigenvalue weighted by atomic mass is 16.4.